The Bertz CT molecular complexity index is 980. The van der Waals surface area contributed by atoms with Crippen molar-refractivity contribution in [3.63, 3.8) is 0 Å². The third kappa shape index (κ3) is 6.59. The first kappa shape index (κ1) is 26.2. The molecule has 1 saturated carbocycles. The fraction of sp³-hybridized carbons (Fsp3) is 0.640. The number of amides is 2. The lowest BCUT2D eigenvalue weighted by atomic mass is 9.80. The van der Waals surface area contributed by atoms with E-state index in [4.69, 9.17) is 4.74 Å². The minimum Gasteiger partial charge on any atom is -0.477 e. The van der Waals surface area contributed by atoms with Crippen molar-refractivity contribution in [1.29, 1.82) is 0 Å². The van der Waals surface area contributed by atoms with Gasteiger partial charge >= 0.3 is 5.97 Å². The lowest BCUT2D eigenvalue weighted by Gasteiger charge is -2.35. The maximum atomic E-state index is 13.7. The molecule has 2 aliphatic rings. The van der Waals surface area contributed by atoms with Crippen LogP contribution in [0.15, 0.2) is 6.07 Å². The van der Waals surface area contributed by atoms with Gasteiger partial charge in [-0.2, -0.15) is 0 Å². The summed E-state index contributed by atoms with van der Waals surface area (Å²) in [5.74, 6) is 3.98. The van der Waals surface area contributed by atoms with E-state index in [-0.39, 0.29) is 40.3 Å². The Hall–Kier alpha value is -2.41. The summed E-state index contributed by atoms with van der Waals surface area (Å²) < 4.78 is 5.32. The molecule has 0 aromatic carbocycles. The summed E-state index contributed by atoms with van der Waals surface area (Å²) in [7, 11) is 0. The molecule has 2 fully saturated rings. The Kier molecular flexibility index (Phi) is 8.39. The third-order valence-corrected chi connectivity index (χ3v) is 7.21. The van der Waals surface area contributed by atoms with Crippen LogP contribution in [0.3, 0.4) is 0 Å². The maximum Gasteiger partial charge on any atom is 0.348 e. The molecule has 3 atom stereocenters. The van der Waals surface area contributed by atoms with E-state index in [1.807, 2.05) is 27.7 Å². The SMILES string of the molecule is C[C@@H]1CCC(C(=O)N(CC(=O)N2CCOCC2)c2cc(C#CC(C)(C)C)sc2C(=O)O)CC1O. The minimum atomic E-state index is -1.17. The Morgan fingerprint density at radius 3 is 2.50 bits per heavy atom. The number of ether oxygens (including phenoxy) is 1. The number of morpholine rings is 1. The quantitative estimate of drug-likeness (QED) is 0.615. The lowest BCUT2D eigenvalue weighted by Crippen LogP contribution is -2.49. The molecule has 34 heavy (non-hydrogen) atoms. The van der Waals surface area contributed by atoms with Crippen molar-refractivity contribution in [2.75, 3.05) is 37.7 Å². The summed E-state index contributed by atoms with van der Waals surface area (Å²) in [6.45, 7) is 9.28. The van der Waals surface area contributed by atoms with E-state index in [1.54, 1.807) is 11.0 Å². The van der Waals surface area contributed by atoms with Gasteiger partial charge in [0.2, 0.25) is 11.8 Å². The van der Waals surface area contributed by atoms with Crippen LogP contribution in [0, 0.1) is 29.1 Å². The zero-order valence-corrected chi connectivity index (χ0v) is 21.1. The van der Waals surface area contributed by atoms with Crippen molar-refractivity contribution in [2.24, 2.45) is 17.3 Å². The highest BCUT2D eigenvalue weighted by molar-refractivity contribution is 7.15. The van der Waals surface area contributed by atoms with E-state index in [0.717, 1.165) is 11.3 Å². The molecule has 0 radical (unpaired) electrons. The first-order chi connectivity index (χ1) is 16.0. The Morgan fingerprint density at radius 1 is 1.24 bits per heavy atom. The summed E-state index contributed by atoms with van der Waals surface area (Å²) in [6, 6.07) is 1.60. The third-order valence-electron chi connectivity index (χ3n) is 6.18. The molecular weight excluding hydrogens is 456 g/mol. The van der Waals surface area contributed by atoms with Crippen LogP contribution in [-0.4, -0.2) is 71.8 Å². The normalized spacial score (nSPS) is 23.1. The fourth-order valence-corrected chi connectivity index (χ4v) is 4.97. The van der Waals surface area contributed by atoms with Gasteiger partial charge in [-0.3, -0.25) is 9.59 Å². The number of thiophene rings is 1. The summed E-state index contributed by atoms with van der Waals surface area (Å²) in [5, 5.41) is 20.2. The number of aliphatic hydroxyl groups excluding tert-OH is 1. The molecule has 1 aliphatic carbocycles. The number of nitrogens with zero attached hydrogens (tertiary/aromatic N) is 2. The van der Waals surface area contributed by atoms with Gasteiger partial charge in [-0.15, -0.1) is 11.3 Å². The molecule has 3 rings (SSSR count). The molecule has 8 nitrogen and oxygen atoms in total. The molecule has 0 spiro atoms. The minimum absolute atomic E-state index is 0.0222. The van der Waals surface area contributed by atoms with Crippen molar-refractivity contribution in [1.82, 2.24) is 4.90 Å². The van der Waals surface area contributed by atoms with Gasteiger partial charge in [0, 0.05) is 24.4 Å². The highest BCUT2D eigenvalue weighted by atomic mass is 32.1. The number of hydrogen-bond donors (Lipinski definition) is 2. The Labute approximate surface area is 204 Å². The molecule has 1 aliphatic heterocycles. The van der Waals surface area contributed by atoms with Crippen molar-refractivity contribution < 1.29 is 29.3 Å². The van der Waals surface area contributed by atoms with Crippen LogP contribution in [0.2, 0.25) is 0 Å². The van der Waals surface area contributed by atoms with Gasteiger partial charge in [-0.05, 0) is 52.0 Å². The molecular formula is C25H34N2O6S. The van der Waals surface area contributed by atoms with Crippen LogP contribution in [0.5, 0.6) is 0 Å². The fourth-order valence-electron chi connectivity index (χ4n) is 4.12. The highest BCUT2D eigenvalue weighted by Gasteiger charge is 2.36. The monoisotopic (exact) mass is 490 g/mol. The number of aliphatic hydroxyl groups is 1. The van der Waals surface area contributed by atoms with Gasteiger partial charge in [-0.25, -0.2) is 4.79 Å². The Morgan fingerprint density at radius 2 is 1.91 bits per heavy atom. The van der Waals surface area contributed by atoms with Crippen LogP contribution in [-0.2, 0) is 14.3 Å². The molecule has 186 valence electrons. The van der Waals surface area contributed by atoms with E-state index < -0.39 is 18.0 Å². The summed E-state index contributed by atoms with van der Waals surface area (Å²) in [5.41, 5.74) is -0.0833. The molecule has 1 aromatic rings. The zero-order chi connectivity index (χ0) is 25.0. The summed E-state index contributed by atoms with van der Waals surface area (Å²) >= 11 is 1.00. The van der Waals surface area contributed by atoms with Gasteiger partial charge in [0.05, 0.1) is 29.9 Å². The number of carbonyl (C=O) groups excluding carboxylic acids is 2. The van der Waals surface area contributed by atoms with E-state index >= 15 is 0 Å². The van der Waals surface area contributed by atoms with Crippen LogP contribution < -0.4 is 4.90 Å². The van der Waals surface area contributed by atoms with E-state index in [0.29, 0.717) is 50.4 Å². The van der Waals surface area contributed by atoms with Crippen molar-refractivity contribution >= 4 is 34.8 Å². The number of aromatic carboxylic acids is 1. The summed E-state index contributed by atoms with van der Waals surface area (Å²) in [4.78, 5) is 42.3. The standard InChI is InChI=1S/C25H34N2O6S/c1-16-5-6-17(13-20(16)28)23(30)27(15-21(29)26-9-11-33-12-10-26)19-14-18(7-8-25(2,3)4)34-22(19)24(31)32/h14,16-17,20,28H,5-6,9-13,15H2,1-4H3,(H,31,32)/t16-,17?,20?/m1/s1. The second-order valence-corrected chi connectivity index (χ2v) is 11.2. The van der Waals surface area contributed by atoms with Gasteiger partial charge in [0.1, 0.15) is 11.4 Å². The van der Waals surface area contributed by atoms with E-state index in [2.05, 4.69) is 11.8 Å². The molecule has 0 bridgehead atoms. The predicted molar refractivity (Wildman–Crippen MR) is 130 cm³/mol. The van der Waals surface area contributed by atoms with Crippen LogP contribution in [0.4, 0.5) is 5.69 Å². The summed E-state index contributed by atoms with van der Waals surface area (Å²) in [6.07, 6.45) is 0.975. The molecule has 2 heterocycles. The van der Waals surface area contributed by atoms with E-state index in [1.165, 1.54) is 4.90 Å². The molecule has 2 amide bonds. The number of carboxylic acid groups (broad SMARTS) is 1. The predicted octanol–water partition coefficient (Wildman–Crippen LogP) is 2.83. The molecule has 2 N–H and O–H groups in total. The van der Waals surface area contributed by atoms with E-state index in [9.17, 15) is 24.6 Å². The average Bonchev–Trinajstić information content (AvgIpc) is 3.22. The molecule has 1 aromatic heterocycles. The lowest BCUT2D eigenvalue weighted by molar-refractivity contribution is -0.136. The first-order valence-electron chi connectivity index (χ1n) is 11.7. The maximum absolute atomic E-state index is 13.7. The van der Waals surface area contributed by atoms with Gasteiger partial charge in [0.25, 0.3) is 0 Å². The van der Waals surface area contributed by atoms with Gasteiger partial charge < -0.3 is 24.7 Å². The molecule has 1 saturated heterocycles. The van der Waals surface area contributed by atoms with Gasteiger partial charge in [0.15, 0.2) is 0 Å². The smallest absolute Gasteiger partial charge is 0.348 e. The van der Waals surface area contributed by atoms with Crippen LogP contribution in [0.1, 0.15) is 61.5 Å². The van der Waals surface area contributed by atoms with Gasteiger partial charge in [-0.1, -0.05) is 18.8 Å². The van der Waals surface area contributed by atoms with Crippen molar-refractivity contribution in [2.45, 2.75) is 53.1 Å². The number of rotatable bonds is 5. The van der Waals surface area contributed by atoms with Crippen LogP contribution >= 0.6 is 11.3 Å². The highest BCUT2D eigenvalue weighted by Crippen LogP contribution is 2.35. The molecule has 9 heteroatoms. The number of carbonyl (C=O) groups is 3. The second kappa shape index (κ2) is 10.9. The number of anilines is 1. The van der Waals surface area contributed by atoms with Crippen molar-refractivity contribution in [3.8, 4) is 11.8 Å². The van der Waals surface area contributed by atoms with Crippen molar-refractivity contribution in [3.05, 3.63) is 15.8 Å². The molecule has 2 unspecified atom stereocenters. The average molecular weight is 491 g/mol. The topological polar surface area (TPSA) is 107 Å². The second-order valence-electron chi connectivity index (χ2n) is 10.1. The number of hydrogen-bond acceptors (Lipinski definition) is 6. The largest absolute Gasteiger partial charge is 0.477 e. The zero-order valence-electron chi connectivity index (χ0n) is 20.3. The Balaban J connectivity index is 1.97. The van der Waals surface area contributed by atoms with Crippen LogP contribution in [0.25, 0.3) is 0 Å². The first-order valence-corrected chi connectivity index (χ1v) is 12.5. The number of carboxylic acids is 1.